The second-order valence-corrected chi connectivity index (χ2v) is 4.62. The molecule has 1 aromatic heterocycles. The van der Waals surface area contributed by atoms with Crippen molar-refractivity contribution in [3.63, 3.8) is 0 Å². The van der Waals surface area contributed by atoms with Crippen LogP contribution in [0.2, 0.25) is 0 Å². The van der Waals surface area contributed by atoms with Crippen LogP contribution in [-0.4, -0.2) is 14.8 Å². The van der Waals surface area contributed by atoms with Gasteiger partial charge in [0, 0.05) is 12.7 Å². The lowest BCUT2D eigenvalue weighted by molar-refractivity contribution is 0.702. The van der Waals surface area contributed by atoms with E-state index in [9.17, 15) is 0 Å². The number of nitrogen functional groups attached to an aromatic ring is 2. The van der Waals surface area contributed by atoms with E-state index in [1.807, 2.05) is 19.2 Å². The molecular formula is C12H15N5. The third-order valence-corrected chi connectivity index (χ3v) is 3.44. The molecule has 0 atom stereocenters. The zero-order valence-corrected chi connectivity index (χ0v) is 9.72. The molecule has 1 aromatic carbocycles. The van der Waals surface area contributed by atoms with Crippen molar-refractivity contribution in [3.05, 3.63) is 35.7 Å². The Bertz CT molecular complexity index is 531. The maximum atomic E-state index is 5.74. The number of nitrogens with two attached hydrogens (primary N) is 2. The summed E-state index contributed by atoms with van der Waals surface area (Å²) in [5.41, 5.74) is 13.4. The van der Waals surface area contributed by atoms with Crippen molar-refractivity contribution < 1.29 is 0 Å². The Balaban J connectivity index is 2.04. The Morgan fingerprint density at radius 3 is 2.29 bits per heavy atom. The summed E-state index contributed by atoms with van der Waals surface area (Å²) >= 11 is 0. The molecule has 0 spiro atoms. The highest BCUT2D eigenvalue weighted by Crippen LogP contribution is 2.52. The smallest absolute Gasteiger partial charge is 0.218 e. The van der Waals surface area contributed by atoms with Crippen molar-refractivity contribution in [2.45, 2.75) is 18.3 Å². The summed E-state index contributed by atoms with van der Waals surface area (Å²) in [6.45, 7) is 0. The van der Waals surface area contributed by atoms with Gasteiger partial charge in [-0.1, -0.05) is 12.1 Å². The standard InChI is InChI=1S/C12H15N5/c1-17-11(14)15-10(16-17)12(6-7-12)8-2-4-9(13)5-3-8/h2-5H,6-7,13H2,1H3,(H2,14,15,16). The number of hydrogen-bond acceptors (Lipinski definition) is 4. The largest absolute Gasteiger partial charge is 0.399 e. The maximum Gasteiger partial charge on any atom is 0.218 e. The fraction of sp³-hybridized carbons (Fsp3) is 0.333. The fourth-order valence-electron chi connectivity index (χ4n) is 2.17. The first kappa shape index (κ1) is 10.1. The van der Waals surface area contributed by atoms with Gasteiger partial charge < -0.3 is 11.5 Å². The quantitative estimate of drug-likeness (QED) is 0.754. The van der Waals surface area contributed by atoms with Crippen LogP contribution in [0.1, 0.15) is 24.2 Å². The van der Waals surface area contributed by atoms with Gasteiger partial charge >= 0.3 is 0 Å². The molecule has 0 amide bonds. The summed E-state index contributed by atoms with van der Waals surface area (Å²) in [5, 5.41) is 4.39. The molecule has 0 saturated heterocycles. The molecule has 1 saturated carbocycles. The van der Waals surface area contributed by atoms with Gasteiger partial charge in [-0.25, -0.2) is 4.68 Å². The normalized spacial score (nSPS) is 17.0. The lowest BCUT2D eigenvalue weighted by atomic mass is 9.95. The van der Waals surface area contributed by atoms with Crippen LogP contribution in [0, 0.1) is 0 Å². The van der Waals surface area contributed by atoms with Crippen LogP contribution in [-0.2, 0) is 12.5 Å². The van der Waals surface area contributed by atoms with Crippen LogP contribution in [0.4, 0.5) is 11.6 Å². The van der Waals surface area contributed by atoms with Crippen LogP contribution in [0.5, 0.6) is 0 Å². The summed E-state index contributed by atoms with van der Waals surface area (Å²) in [4.78, 5) is 4.34. The summed E-state index contributed by atoms with van der Waals surface area (Å²) in [6.07, 6.45) is 2.14. The van der Waals surface area contributed by atoms with Crippen molar-refractivity contribution in [2.24, 2.45) is 7.05 Å². The highest BCUT2D eigenvalue weighted by atomic mass is 15.4. The van der Waals surface area contributed by atoms with Gasteiger partial charge in [-0.2, -0.15) is 10.1 Å². The predicted molar refractivity (Wildman–Crippen MR) is 66.3 cm³/mol. The molecule has 4 N–H and O–H groups in total. The Morgan fingerprint density at radius 1 is 1.18 bits per heavy atom. The van der Waals surface area contributed by atoms with Crippen molar-refractivity contribution >= 4 is 11.6 Å². The molecule has 0 bridgehead atoms. The van der Waals surface area contributed by atoms with E-state index in [1.54, 1.807) is 4.68 Å². The van der Waals surface area contributed by atoms with E-state index < -0.39 is 0 Å². The molecule has 5 heteroatoms. The van der Waals surface area contributed by atoms with Crippen molar-refractivity contribution in [3.8, 4) is 0 Å². The Hall–Kier alpha value is -2.04. The summed E-state index contributed by atoms with van der Waals surface area (Å²) in [5.74, 6) is 1.28. The van der Waals surface area contributed by atoms with Gasteiger partial charge in [0.25, 0.3) is 0 Å². The second kappa shape index (κ2) is 3.23. The summed E-state index contributed by atoms with van der Waals surface area (Å²) in [6, 6.07) is 7.94. The molecule has 5 nitrogen and oxygen atoms in total. The lowest BCUT2D eigenvalue weighted by Gasteiger charge is -2.11. The topological polar surface area (TPSA) is 82.8 Å². The highest BCUT2D eigenvalue weighted by molar-refractivity contribution is 5.46. The SMILES string of the molecule is Cn1nc(C2(c3ccc(N)cc3)CC2)nc1N. The van der Waals surface area contributed by atoms with Gasteiger partial charge in [-0.15, -0.1) is 0 Å². The van der Waals surface area contributed by atoms with Crippen molar-refractivity contribution in [1.82, 2.24) is 14.8 Å². The fourth-order valence-corrected chi connectivity index (χ4v) is 2.17. The first-order valence-electron chi connectivity index (χ1n) is 5.65. The number of anilines is 2. The lowest BCUT2D eigenvalue weighted by Crippen LogP contribution is -2.11. The minimum atomic E-state index is -0.0386. The third kappa shape index (κ3) is 1.46. The number of aromatic nitrogens is 3. The Labute approximate surface area is 99.4 Å². The first-order valence-corrected chi connectivity index (χ1v) is 5.65. The van der Waals surface area contributed by atoms with Gasteiger partial charge in [-0.05, 0) is 30.5 Å². The van der Waals surface area contributed by atoms with E-state index in [0.717, 1.165) is 24.4 Å². The molecule has 0 aliphatic heterocycles. The highest BCUT2D eigenvalue weighted by Gasteiger charge is 2.49. The van der Waals surface area contributed by atoms with Gasteiger partial charge in [0.15, 0.2) is 5.82 Å². The van der Waals surface area contributed by atoms with Crippen molar-refractivity contribution in [2.75, 3.05) is 11.5 Å². The summed E-state index contributed by atoms with van der Waals surface area (Å²) < 4.78 is 1.62. The molecule has 1 heterocycles. The average molecular weight is 229 g/mol. The molecule has 1 aliphatic carbocycles. The van der Waals surface area contributed by atoms with E-state index in [-0.39, 0.29) is 5.41 Å². The van der Waals surface area contributed by atoms with Crippen LogP contribution < -0.4 is 11.5 Å². The van der Waals surface area contributed by atoms with Gasteiger partial charge in [-0.3, -0.25) is 0 Å². The molecule has 1 fully saturated rings. The summed E-state index contributed by atoms with van der Waals surface area (Å²) in [7, 11) is 1.81. The maximum absolute atomic E-state index is 5.74. The number of benzene rings is 1. The molecule has 0 radical (unpaired) electrons. The Morgan fingerprint density at radius 2 is 1.82 bits per heavy atom. The zero-order chi connectivity index (χ0) is 12.0. The van der Waals surface area contributed by atoms with Crippen LogP contribution >= 0.6 is 0 Å². The average Bonchev–Trinajstić information content (AvgIpc) is 3.04. The number of hydrogen-bond donors (Lipinski definition) is 2. The number of aryl methyl sites for hydroxylation is 1. The third-order valence-electron chi connectivity index (χ3n) is 3.44. The van der Waals surface area contributed by atoms with Crippen LogP contribution in [0.15, 0.2) is 24.3 Å². The molecule has 88 valence electrons. The molecule has 2 aromatic rings. The van der Waals surface area contributed by atoms with E-state index in [1.165, 1.54) is 5.56 Å². The zero-order valence-electron chi connectivity index (χ0n) is 9.72. The minimum absolute atomic E-state index is 0.0386. The van der Waals surface area contributed by atoms with E-state index in [2.05, 4.69) is 22.2 Å². The second-order valence-electron chi connectivity index (χ2n) is 4.62. The first-order chi connectivity index (χ1) is 8.12. The molecular weight excluding hydrogens is 214 g/mol. The molecule has 0 unspecified atom stereocenters. The number of nitrogens with zero attached hydrogens (tertiary/aromatic N) is 3. The molecule has 3 rings (SSSR count). The molecule has 17 heavy (non-hydrogen) atoms. The monoisotopic (exact) mass is 229 g/mol. The van der Waals surface area contributed by atoms with Crippen LogP contribution in [0.3, 0.4) is 0 Å². The molecule has 1 aliphatic rings. The number of rotatable bonds is 2. The predicted octanol–water partition coefficient (Wildman–Crippen LogP) is 1.06. The van der Waals surface area contributed by atoms with Crippen molar-refractivity contribution in [1.29, 1.82) is 0 Å². The van der Waals surface area contributed by atoms with E-state index >= 15 is 0 Å². The van der Waals surface area contributed by atoms with Crippen LogP contribution in [0.25, 0.3) is 0 Å². The van der Waals surface area contributed by atoms with Gasteiger partial charge in [0.2, 0.25) is 5.95 Å². The van der Waals surface area contributed by atoms with E-state index in [4.69, 9.17) is 11.5 Å². The minimum Gasteiger partial charge on any atom is -0.399 e. The van der Waals surface area contributed by atoms with Gasteiger partial charge in [0.05, 0.1) is 5.41 Å². The van der Waals surface area contributed by atoms with E-state index in [0.29, 0.717) is 5.95 Å². The van der Waals surface area contributed by atoms with Gasteiger partial charge in [0.1, 0.15) is 0 Å². The Kier molecular flexibility index (Phi) is 1.92.